The molecule has 5 nitrogen and oxygen atoms in total. The zero-order valence-electron chi connectivity index (χ0n) is 7.79. The first-order valence-corrected chi connectivity index (χ1v) is 6.10. The van der Waals surface area contributed by atoms with Crippen LogP contribution in [0.25, 0.3) is 0 Å². The van der Waals surface area contributed by atoms with Gasteiger partial charge >= 0.3 is 6.36 Å². The number of hydrogen-bond acceptors (Lipinski definition) is 4. The number of halogens is 5. The van der Waals surface area contributed by atoms with E-state index in [-0.39, 0.29) is 14.7 Å². The summed E-state index contributed by atoms with van der Waals surface area (Å²) >= 11 is 4.47. The van der Waals surface area contributed by atoms with Crippen LogP contribution >= 0.6 is 38.5 Å². The van der Waals surface area contributed by atoms with Gasteiger partial charge in [0.05, 0.1) is 16.3 Å². The Balaban J connectivity index is 3.25. The van der Waals surface area contributed by atoms with Gasteiger partial charge in [0.15, 0.2) is 5.75 Å². The van der Waals surface area contributed by atoms with Crippen LogP contribution in [-0.2, 0) is 5.33 Å². The molecule has 0 aliphatic heterocycles. The van der Waals surface area contributed by atoms with Crippen molar-refractivity contribution < 1.29 is 22.8 Å². The zero-order valence-corrected chi connectivity index (χ0v) is 11.5. The van der Waals surface area contributed by atoms with Crippen molar-refractivity contribution in [3.05, 3.63) is 25.6 Å². The number of pyridine rings is 1. The fourth-order valence-electron chi connectivity index (χ4n) is 0.951. The van der Waals surface area contributed by atoms with Crippen LogP contribution in [-0.4, -0.2) is 16.3 Å². The highest BCUT2D eigenvalue weighted by molar-refractivity contribution is 14.1. The molecule has 0 aromatic carbocycles. The molecule has 17 heavy (non-hydrogen) atoms. The lowest BCUT2D eigenvalue weighted by Gasteiger charge is -2.10. The third kappa shape index (κ3) is 3.94. The SMILES string of the molecule is O=[N+]([O-])c1cc(OC(F)(F)F)c(I)nc1CBr. The molecule has 94 valence electrons. The summed E-state index contributed by atoms with van der Waals surface area (Å²) < 4.78 is 39.5. The van der Waals surface area contributed by atoms with Gasteiger partial charge in [-0.15, -0.1) is 13.2 Å². The highest BCUT2D eigenvalue weighted by Crippen LogP contribution is 2.32. The molecule has 0 saturated heterocycles. The third-order valence-corrected chi connectivity index (χ3v) is 2.85. The van der Waals surface area contributed by atoms with Gasteiger partial charge < -0.3 is 4.74 Å². The molecule has 0 aliphatic rings. The lowest BCUT2D eigenvalue weighted by atomic mass is 10.3. The van der Waals surface area contributed by atoms with Crippen LogP contribution in [0.15, 0.2) is 6.07 Å². The minimum Gasteiger partial charge on any atom is -0.403 e. The first-order chi connectivity index (χ1) is 7.74. The molecule has 1 rings (SSSR count). The Kier molecular flexibility index (Phi) is 4.52. The molecule has 0 amide bonds. The van der Waals surface area contributed by atoms with Gasteiger partial charge in [0, 0.05) is 0 Å². The Morgan fingerprint density at radius 3 is 2.59 bits per heavy atom. The molecule has 1 heterocycles. The van der Waals surface area contributed by atoms with E-state index in [2.05, 4.69) is 25.7 Å². The van der Waals surface area contributed by atoms with E-state index in [0.717, 1.165) is 0 Å². The topological polar surface area (TPSA) is 65.3 Å². The average Bonchev–Trinajstić information content (AvgIpc) is 2.18. The average molecular weight is 427 g/mol. The molecule has 0 aliphatic carbocycles. The smallest absolute Gasteiger partial charge is 0.403 e. The second kappa shape index (κ2) is 5.33. The van der Waals surface area contributed by atoms with Gasteiger partial charge in [0.25, 0.3) is 5.69 Å². The van der Waals surface area contributed by atoms with Gasteiger partial charge in [-0.2, -0.15) is 0 Å². The fourth-order valence-corrected chi connectivity index (χ4v) is 1.92. The Labute approximate surface area is 115 Å². The highest BCUT2D eigenvalue weighted by Gasteiger charge is 2.33. The Morgan fingerprint density at radius 2 is 2.18 bits per heavy atom. The minimum atomic E-state index is -4.91. The number of nitro groups is 1. The molecule has 0 radical (unpaired) electrons. The Hall–Kier alpha value is -0.650. The monoisotopic (exact) mass is 426 g/mol. The minimum absolute atomic E-state index is 0.0360. The summed E-state index contributed by atoms with van der Waals surface area (Å²) in [6.45, 7) is 0. The number of nitrogens with zero attached hydrogens (tertiary/aromatic N) is 2. The largest absolute Gasteiger partial charge is 0.573 e. The predicted octanol–water partition coefficient (Wildman–Crippen LogP) is 3.39. The fraction of sp³-hybridized carbons (Fsp3) is 0.286. The Bertz CT molecular complexity index is 455. The molecule has 0 bridgehead atoms. The quantitative estimate of drug-likeness (QED) is 0.244. The summed E-state index contributed by atoms with van der Waals surface area (Å²) in [5.41, 5.74) is -0.490. The molecule has 0 unspecified atom stereocenters. The molecule has 1 aromatic heterocycles. The van der Waals surface area contributed by atoms with Crippen LogP contribution < -0.4 is 4.74 Å². The lowest BCUT2D eigenvalue weighted by Crippen LogP contribution is -2.18. The second-order valence-corrected chi connectivity index (χ2v) is 4.26. The summed E-state index contributed by atoms with van der Waals surface area (Å²) in [6, 6.07) is 0.707. The zero-order chi connectivity index (χ0) is 13.2. The maximum atomic E-state index is 12.0. The van der Waals surface area contributed by atoms with Crippen LogP contribution in [0.3, 0.4) is 0 Å². The van der Waals surface area contributed by atoms with E-state index in [9.17, 15) is 23.3 Å². The Morgan fingerprint density at radius 1 is 1.59 bits per heavy atom. The lowest BCUT2D eigenvalue weighted by molar-refractivity contribution is -0.386. The molecule has 0 spiro atoms. The number of hydrogen-bond donors (Lipinski definition) is 0. The van der Waals surface area contributed by atoms with E-state index in [1.54, 1.807) is 0 Å². The second-order valence-electron chi connectivity index (χ2n) is 2.68. The number of ether oxygens (including phenoxy) is 1. The van der Waals surface area contributed by atoms with Crippen molar-refractivity contribution in [2.75, 3.05) is 0 Å². The number of rotatable bonds is 3. The summed E-state index contributed by atoms with van der Waals surface area (Å²) in [5.74, 6) is -0.686. The maximum absolute atomic E-state index is 12.0. The van der Waals surface area contributed by atoms with Crippen LogP contribution in [0.2, 0.25) is 0 Å². The van der Waals surface area contributed by atoms with E-state index < -0.39 is 22.7 Å². The molecule has 0 atom stereocenters. The molecular weight excluding hydrogens is 424 g/mol. The van der Waals surface area contributed by atoms with E-state index in [4.69, 9.17) is 0 Å². The van der Waals surface area contributed by atoms with Crippen molar-refractivity contribution in [2.24, 2.45) is 0 Å². The summed E-state index contributed by atoms with van der Waals surface area (Å²) in [5, 5.41) is 10.7. The van der Waals surface area contributed by atoms with Gasteiger partial charge in [-0.25, -0.2) is 4.98 Å². The van der Waals surface area contributed by atoms with Crippen molar-refractivity contribution in [3.63, 3.8) is 0 Å². The number of aromatic nitrogens is 1. The van der Waals surface area contributed by atoms with Gasteiger partial charge in [0.2, 0.25) is 0 Å². The van der Waals surface area contributed by atoms with Crippen molar-refractivity contribution >= 4 is 44.2 Å². The molecular formula is C7H3BrF3IN2O3. The first kappa shape index (κ1) is 14.4. The first-order valence-electron chi connectivity index (χ1n) is 3.90. The summed E-state index contributed by atoms with van der Waals surface area (Å²) in [6.07, 6.45) is -4.91. The highest BCUT2D eigenvalue weighted by atomic mass is 127. The van der Waals surface area contributed by atoms with Gasteiger partial charge in [-0.05, 0) is 22.6 Å². The van der Waals surface area contributed by atoms with Crippen molar-refractivity contribution in [1.29, 1.82) is 0 Å². The van der Waals surface area contributed by atoms with Gasteiger partial charge in [-0.1, -0.05) is 15.9 Å². The molecule has 1 aromatic rings. The maximum Gasteiger partial charge on any atom is 0.573 e. The molecule has 10 heteroatoms. The van der Waals surface area contributed by atoms with Gasteiger partial charge in [-0.3, -0.25) is 10.1 Å². The summed E-state index contributed by atoms with van der Waals surface area (Å²) in [7, 11) is 0. The van der Waals surface area contributed by atoms with Crippen molar-refractivity contribution in [2.45, 2.75) is 11.7 Å². The van der Waals surface area contributed by atoms with Crippen molar-refractivity contribution in [1.82, 2.24) is 4.98 Å². The van der Waals surface area contributed by atoms with Gasteiger partial charge in [0.1, 0.15) is 9.39 Å². The van der Waals surface area contributed by atoms with Crippen LogP contribution in [0.1, 0.15) is 5.69 Å². The molecule has 0 saturated carbocycles. The molecule has 0 fully saturated rings. The van der Waals surface area contributed by atoms with Crippen molar-refractivity contribution in [3.8, 4) is 5.75 Å². The van der Waals surface area contributed by atoms with Crippen LogP contribution in [0.5, 0.6) is 5.75 Å². The van der Waals surface area contributed by atoms with E-state index in [1.807, 2.05) is 0 Å². The normalized spacial score (nSPS) is 11.4. The van der Waals surface area contributed by atoms with E-state index >= 15 is 0 Å². The van der Waals surface area contributed by atoms with E-state index in [1.165, 1.54) is 22.6 Å². The predicted molar refractivity (Wildman–Crippen MR) is 62.9 cm³/mol. The third-order valence-electron chi connectivity index (χ3n) is 1.55. The standard InChI is InChI=1S/C7H3BrF3IN2O3/c8-2-3-4(14(15)16)1-5(6(12)13-3)17-7(9,10)11/h1H,2H2. The number of alkyl halides is 4. The van der Waals surface area contributed by atoms with Crippen LogP contribution in [0, 0.1) is 13.8 Å². The van der Waals surface area contributed by atoms with Crippen LogP contribution in [0.4, 0.5) is 18.9 Å². The summed E-state index contributed by atoms with van der Waals surface area (Å²) in [4.78, 5) is 13.5. The van der Waals surface area contributed by atoms with E-state index in [0.29, 0.717) is 6.07 Å². The molecule has 0 N–H and O–H groups in total.